The van der Waals surface area contributed by atoms with Gasteiger partial charge < -0.3 is 25.8 Å². The van der Waals surface area contributed by atoms with Gasteiger partial charge in [-0.2, -0.15) is 5.10 Å². The summed E-state index contributed by atoms with van der Waals surface area (Å²) >= 11 is 0. The highest BCUT2D eigenvalue weighted by Gasteiger charge is 2.31. The zero-order valence-electron chi connectivity index (χ0n) is 26.3. The summed E-state index contributed by atoms with van der Waals surface area (Å²) in [6, 6.07) is 8.57. The molecule has 0 spiro atoms. The lowest BCUT2D eigenvalue weighted by Gasteiger charge is -2.33. The molecule has 44 heavy (non-hydrogen) atoms. The number of piperazine rings is 1. The highest BCUT2D eigenvalue weighted by atomic mass is 16.2. The van der Waals surface area contributed by atoms with E-state index in [4.69, 9.17) is 0 Å². The predicted molar refractivity (Wildman–Crippen MR) is 169 cm³/mol. The first-order valence-electron chi connectivity index (χ1n) is 16.0. The second kappa shape index (κ2) is 16.2. The van der Waals surface area contributed by atoms with E-state index in [-0.39, 0.29) is 41.7 Å². The third kappa shape index (κ3) is 9.01. The standard InChI is InChI=1S/C33H47N7O4/c1-4-29(41)36-27(33(44)39-20-18-38(3)19-21-39)22-24-12-14-25(15-13-24)23-34-32(43)30(26-10-8-6-7-9-11-26)37-31(42)28-16-17-35-40(28)5-2/h12-17,22,26,30H,4-11,18-21,23H2,1-3H3,(H,34,43)(H,36,41)(H,37,42)/b27-22+/t30-/m0/s1. The molecule has 238 valence electrons. The summed E-state index contributed by atoms with van der Waals surface area (Å²) < 4.78 is 1.63. The van der Waals surface area contributed by atoms with E-state index in [1.807, 2.05) is 38.2 Å². The van der Waals surface area contributed by atoms with Gasteiger partial charge >= 0.3 is 0 Å². The average Bonchev–Trinajstić information content (AvgIpc) is 3.37. The number of likely N-dealkylation sites (N-methyl/N-ethyl adjacent to an activating group) is 1. The third-order valence-corrected chi connectivity index (χ3v) is 8.56. The molecule has 1 saturated carbocycles. The minimum Gasteiger partial charge on any atom is -0.350 e. The van der Waals surface area contributed by atoms with Gasteiger partial charge in [0.25, 0.3) is 11.8 Å². The first kappa shape index (κ1) is 32.9. The van der Waals surface area contributed by atoms with E-state index in [0.29, 0.717) is 31.9 Å². The Hall–Kier alpha value is -3.99. The van der Waals surface area contributed by atoms with Gasteiger partial charge in [0.15, 0.2) is 0 Å². The van der Waals surface area contributed by atoms with Crippen LogP contribution in [0.3, 0.4) is 0 Å². The van der Waals surface area contributed by atoms with Gasteiger partial charge in [-0.25, -0.2) is 0 Å². The largest absolute Gasteiger partial charge is 0.350 e. The second-order valence-electron chi connectivity index (χ2n) is 11.7. The van der Waals surface area contributed by atoms with Gasteiger partial charge in [-0.3, -0.25) is 23.9 Å². The minimum atomic E-state index is -0.631. The van der Waals surface area contributed by atoms with Crippen LogP contribution in [0.1, 0.15) is 80.4 Å². The Bertz CT molecular complexity index is 1300. The van der Waals surface area contributed by atoms with E-state index in [2.05, 4.69) is 25.9 Å². The van der Waals surface area contributed by atoms with Gasteiger partial charge in [-0.1, -0.05) is 56.9 Å². The number of hydrogen-bond acceptors (Lipinski definition) is 6. The normalized spacial score (nSPS) is 17.4. The third-order valence-electron chi connectivity index (χ3n) is 8.56. The Kier molecular flexibility index (Phi) is 12.1. The van der Waals surface area contributed by atoms with E-state index >= 15 is 0 Å². The van der Waals surface area contributed by atoms with Crippen molar-refractivity contribution >= 4 is 29.7 Å². The summed E-state index contributed by atoms with van der Waals surface area (Å²) in [5, 5.41) is 13.0. The number of rotatable bonds is 11. The predicted octanol–water partition coefficient (Wildman–Crippen LogP) is 2.93. The highest BCUT2D eigenvalue weighted by Crippen LogP contribution is 2.26. The molecule has 1 aromatic carbocycles. The fourth-order valence-corrected chi connectivity index (χ4v) is 5.80. The number of carbonyl (C=O) groups is 4. The molecule has 1 atom stereocenters. The van der Waals surface area contributed by atoms with E-state index < -0.39 is 6.04 Å². The van der Waals surface area contributed by atoms with Gasteiger partial charge in [-0.15, -0.1) is 0 Å². The molecule has 0 bridgehead atoms. The second-order valence-corrected chi connectivity index (χ2v) is 11.7. The van der Waals surface area contributed by atoms with E-state index in [0.717, 1.165) is 62.7 Å². The van der Waals surface area contributed by atoms with Crippen LogP contribution in [-0.4, -0.2) is 82.5 Å². The summed E-state index contributed by atoms with van der Waals surface area (Å²) in [6.07, 6.45) is 9.76. The summed E-state index contributed by atoms with van der Waals surface area (Å²) in [4.78, 5) is 56.1. The van der Waals surface area contributed by atoms with Crippen LogP contribution in [0.15, 0.2) is 42.2 Å². The van der Waals surface area contributed by atoms with Crippen LogP contribution in [0.25, 0.3) is 6.08 Å². The molecular weight excluding hydrogens is 558 g/mol. The summed E-state index contributed by atoms with van der Waals surface area (Å²) in [5.74, 6) is -0.819. The van der Waals surface area contributed by atoms with Gasteiger partial charge in [0, 0.05) is 51.9 Å². The number of amides is 4. The van der Waals surface area contributed by atoms with Crippen molar-refractivity contribution in [1.82, 2.24) is 35.5 Å². The van der Waals surface area contributed by atoms with Gasteiger partial charge in [0.2, 0.25) is 11.8 Å². The number of benzene rings is 1. The molecule has 4 rings (SSSR count). The van der Waals surface area contributed by atoms with Crippen molar-refractivity contribution in [3.05, 3.63) is 59.0 Å². The van der Waals surface area contributed by atoms with Crippen LogP contribution in [0.2, 0.25) is 0 Å². The molecule has 2 fully saturated rings. The fraction of sp³-hybridized carbons (Fsp3) is 0.545. The van der Waals surface area contributed by atoms with E-state index in [9.17, 15) is 19.2 Å². The molecule has 0 radical (unpaired) electrons. The number of nitrogens with zero attached hydrogens (tertiary/aromatic N) is 4. The van der Waals surface area contributed by atoms with E-state index in [1.54, 1.807) is 34.8 Å². The monoisotopic (exact) mass is 605 g/mol. The van der Waals surface area contributed by atoms with Crippen LogP contribution in [0.5, 0.6) is 0 Å². The Morgan fingerprint density at radius 2 is 1.64 bits per heavy atom. The van der Waals surface area contributed by atoms with Crippen LogP contribution in [-0.2, 0) is 27.5 Å². The van der Waals surface area contributed by atoms with Crippen molar-refractivity contribution in [2.75, 3.05) is 33.2 Å². The molecule has 2 aliphatic rings. The summed E-state index contributed by atoms with van der Waals surface area (Å²) in [5.41, 5.74) is 2.36. The molecule has 2 aromatic rings. The van der Waals surface area contributed by atoms with Crippen LogP contribution >= 0.6 is 0 Å². The molecule has 0 unspecified atom stereocenters. The molecule has 4 amide bonds. The van der Waals surface area contributed by atoms with Gasteiger partial charge in [-0.05, 0) is 56.0 Å². The molecular formula is C33H47N7O4. The minimum absolute atomic E-state index is 0.0709. The molecule has 1 aliphatic carbocycles. The molecule has 3 N–H and O–H groups in total. The molecule has 1 aromatic heterocycles. The van der Waals surface area contributed by atoms with Gasteiger partial charge in [0.05, 0.1) is 0 Å². The van der Waals surface area contributed by atoms with Crippen LogP contribution < -0.4 is 16.0 Å². The van der Waals surface area contributed by atoms with Crippen molar-refractivity contribution in [3.8, 4) is 0 Å². The van der Waals surface area contributed by atoms with Crippen LogP contribution in [0, 0.1) is 5.92 Å². The Morgan fingerprint density at radius 3 is 2.27 bits per heavy atom. The highest BCUT2D eigenvalue weighted by molar-refractivity contribution is 6.01. The van der Waals surface area contributed by atoms with Crippen molar-refractivity contribution in [2.45, 2.75) is 77.9 Å². The van der Waals surface area contributed by atoms with Crippen molar-refractivity contribution in [2.24, 2.45) is 5.92 Å². The van der Waals surface area contributed by atoms with Crippen LogP contribution in [0.4, 0.5) is 0 Å². The summed E-state index contributed by atoms with van der Waals surface area (Å²) in [6.45, 7) is 7.34. The molecule has 11 nitrogen and oxygen atoms in total. The first-order valence-corrected chi connectivity index (χ1v) is 16.0. The number of aryl methyl sites for hydroxylation is 1. The average molecular weight is 606 g/mol. The smallest absolute Gasteiger partial charge is 0.270 e. The maximum absolute atomic E-state index is 13.5. The molecule has 1 aliphatic heterocycles. The topological polar surface area (TPSA) is 129 Å². The summed E-state index contributed by atoms with van der Waals surface area (Å²) in [7, 11) is 2.03. The van der Waals surface area contributed by atoms with Gasteiger partial charge in [0.1, 0.15) is 17.4 Å². The quantitative estimate of drug-likeness (QED) is 0.267. The lowest BCUT2D eigenvalue weighted by Crippen LogP contribution is -2.51. The lowest BCUT2D eigenvalue weighted by molar-refractivity contribution is -0.130. The van der Waals surface area contributed by atoms with Crippen molar-refractivity contribution in [3.63, 3.8) is 0 Å². The number of nitrogens with one attached hydrogen (secondary N) is 3. The fourth-order valence-electron chi connectivity index (χ4n) is 5.80. The molecule has 11 heteroatoms. The van der Waals surface area contributed by atoms with Crippen molar-refractivity contribution in [1.29, 1.82) is 0 Å². The number of carbonyl (C=O) groups excluding carboxylic acids is 4. The number of hydrogen-bond donors (Lipinski definition) is 3. The SMILES string of the molecule is CCC(=O)N/C(=C/c1ccc(CNC(=O)[C@@H](NC(=O)c2ccnn2CC)C2CCCCCC2)cc1)C(=O)N1CCN(C)CC1. The Morgan fingerprint density at radius 1 is 0.955 bits per heavy atom. The maximum Gasteiger partial charge on any atom is 0.270 e. The maximum atomic E-state index is 13.5. The van der Waals surface area contributed by atoms with Crippen molar-refractivity contribution < 1.29 is 19.2 Å². The lowest BCUT2D eigenvalue weighted by atomic mass is 9.91. The van der Waals surface area contributed by atoms with E-state index in [1.165, 1.54) is 0 Å². The zero-order chi connectivity index (χ0) is 31.5. The molecule has 1 saturated heterocycles. The first-order chi connectivity index (χ1) is 21.3. The molecule has 2 heterocycles. The Balaban J connectivity index is 1.43. The number of aromatic nitrogens is 2. The zero-order valence-corrected chi connectivity index (χ0v) is 26.3. The Labute approximate surface area is 260 Å².